The van der Waals surface area contributed by atoms with Gasteiger partial charge in [-0.1, -0.05) is 31.9 Å². The van der Waals surface area contributed by atoms with Crippen LogP contribution in [0.1, 0.15) is 45.4 Å². The first kappa shape index (κ1) is 17.2. The van der Waals surface area contributed by atoms with Crippen LogP contribution in [0.25, 0.3) is 0 Å². The van der Waals surface area contributed by atoms with E-state index >= 15 is 0 Å². The molecule has 2 unspecified atom stereocenters. The fraction of sp³-hybridized carbons (Fsp3) is 0.588. The predicted octanol–water partition coefficient (Wildman–Crippen LogP) is 3.45. The highest BCUT2D eigenvalue weighted by Gasteiger charge is 2.22. The molecule has 6 heteroatoms. The number of carbonyl (C=O) groups excluding carboxylic acids is 1. The minimum absolute atomic E-state index is 0.0370. The molecule has 2 rings (SSSR count). The molecule has 1 aliphatic rings. The predicted molar refractivity (Wildman–Crippen MR) is 87.4 cm³/mol. The van der Waals surface area contributed by atoms with Crippen LogP contribution in [-0.4, -0.2) is 23.5 Å². The van der Waals surface area contributed by atoms with E-state index < -0.39 is 4.92 Å². The van der Waals surface area contributed by atoms with Crippen LogP contribution in [0.15, 0.2) is 24.3 Å². The lowest BCUT2D eigenvalue weighted by Crippen LogP contribution is -2.41. The van der Waals surface area contributed by atoms with Gasteiger partial charge in [-0.15, -0.1) is 0 Å². The third-order valence-electron chi connectivity index (χ3n) is 4.33. The van der Waals surface area contributed by atoms with Crippen molar-refractivity contribution in [1.29, 1.82) is 0 Å². The zero-order valence-electron chi connectivity index (χ0n) is 13.5. The summed E-state index contributed by atoms with van der Waals surface area (Å²) in [6, 6.07) is 6.56. The molecule has 0 radical (unpaired) electrons. The van der Waals surface area contributed by atoms with E-state index in [1.165, 1.54) is 25.3 Å². The monoisotopic (exact) mass is 320 g/mol. The van der Waals surface area contributed by atoms with Gasteiger partial charge in [0.05, 0.1) is 11.5 Å². The van der Waals surface area contributed by atoms with Crippen LogP contribution >= 0.6 is 0 Å². The van der Waals surface area contributed by atoms with Crippen LogP contribution in [0.5, 0.6) is 5.75 Å². The molecule has 1 aromatic carbocycles. The number of hydrogen-bond donors (Lipinski definition) is 1. The maximum absolute atomic E-state index is 12.0. The SMILES string of the molecule is CC1CCCCC1NC(=O)CCCOc1ccccc1[N+](=O)[O-]. The number of nitrogens with zero attached hydrogens (tertiary/aromatic N) is 1. The molecule has 0 bridgehead atoms. The fourth-order valence-electron chi connectivity index (χ4n) is 2.95. The van der Waals surface area contributed by atoms with Gasteiger partial charge in [-0.25, -0.2) is 0 Å². The van der Waals surface area contributed by atoms with E-state index in [4.69, 9.17) is 4.74 Å². The number of amides is 1. The van der Waals surface area contributed by atoms with Crippen molar-refractivity contribution in [2.75, 3.05) is 6.61 Å². The molecule has 0 aliphatic heterocycles. The number of nitro groups is 1. The van der Waals surface area contributed by atoms with Crippen molar-refractivity contribution < 1.29 is 14.5 Å². The van der Waals surface area contributed by atoms with Crippen molar-refractivity contribution in [1.82, 2.24) is 5.32 Å². The molecule has 1 saturated carbocycles. The Morgan fingerprint density at radius 3 is 2.83 bits per heavy atom. The second kappa shape index (κ2) is 8.50. The van der Waals surface area contributed by atoms with E-state index in [9.17, 15) is 14.9 Å². The van der Waals surface area contributed by atoms with E-state index in [-0.39, 0.29) is 23.4 Å². The number of ether oxygens (including phenoxy) is 1. The zero-order valence-corrected chi connectivity index (χ0v) is 13.5. The number of benzene rings is 1. The van der Waals surface area contributed by atoms with E-state index in [2.05, 4.69) is 12.2 Å². The largest absolute Gasteiger partial charge is 0.487 e. The van der Waals surface area contributed by atoms with Crippen LogP contribution in [0.3, 0.4) is 0 Å². The molecule has 1 N–H and O–H groups in total. The number of carbonyl (C=O) groups is 1. The molecular formula is C17H24N2O4. The lowest BCUT2D eigenvalue weighted by atomic mass is 9.86. The third-order valence-corrected chi connectivity index (χ3v) is 4.33. The fourth-order valence-corrected chi connectivity index (χ4v) is 2.95. The van der Waals surface area contributed by atoms with Crippen molar-refractivity contribution in [3.8, 4) is 5.75 Å². The Labute approximate surface area is 136 Å². The van der Waals surface area contributed by atoms with E-state index in [0.29, 0.717) is 25.4 Å². The van der Waals surface area contributed by atoms with Gasteiger partial charge in [-0.05, 0) is 31.2 Å². The Morgan fingerprint density at radius 2 is 2.09 bits per heavy atom. The molecular weight excluding hydrogens is 296 g/mol. The van der Waals surface area contributed by atoms with Gasteiger partial charge in [0.15, 0.2) is 5.75 Å². The molecule has 1 amide bonds. The maximum Gasteiger partial charge on any atom is 0.310 e. The molecule has 0 aromatic heterocycles. The van der Waals surface area contributed by atoms with E-state index in [0.717, 1.165) is 6.42 Å². The molecule has 1 fully saturated rings. The van der Waals surface area contributed by atoms with Crippen LogP contribution in [0.2, 0.25) is 0 Å². The quantitative estimate of drug-likeness (QED) is 0.474. The standard InChI is InChI=1S/C17H24N2O4/c1-13-7-2-3-8-14(13)18-17(20)11-6-12-23-16-10-5-4-9-15(16)19(21)22/h4-5,9-10,13-14H,2-3,6-8,11-12H2,1H3,(H,18,20). The Balaban J connectivity index is 1.71. The van der Waals surface area contributed by atoms with Crippen LogP contribution in [-0.2, 0) is 4.79 Å². The van der Waals surface area contributed by atoms with Crippen molar-refractivity contribution in [3.63, 3.8) is 0 Å². The Kier molecular flexibility index (Phi) is 6.38. The average molecular weight is 320 g/mol. The maximum atomic E-state index is 12.0. The highest BCUT2D eigenvalue weighted by Crippen LogP contribution is 2.26. The summed E-state index contributed by atoms with van der Waals surface area (Å²) in [6.07, 6.45) is 5.57. The summed E-state index contributed by atoms with van der Waals surface area (Å²) >= 11 is 0. The Morgan fingerprint density at radius 1 is 1.35 bits per heavy atom. The number of nitrogens with one attached hydrogen (secondary N) is 1. The Bertz CT molecular complexity index is 547. The van der Waals surface area contributed by atoms with Crippen LogP contribution in [0, 0.1) is 16.0 Å². The van der Waals surface area contributed by atoms with Crippen molar-refractivity contribution >= 4 is 11.6 Å². The molecule has 1 aliphatic carbocycles. The van der Waals surface area contributed by atoms with Gasteiger partial charge < -0.3 is 10.1 Å². The van der Waals surface area contributed by atoms with Gasteiger partial charge in [-0.3, -0.25) is 14.9 Å². The highest BCUT2D eigenvalue weighted by atomic mass is 16.6. The zero-order chi connectivity index (χ0) is 16.7. The van der Waals surface area contributed by atoms with Gasteiger partial charge in [0.25, 0.3) is 0 Å². The van der Waals surface area contributed by atoms with Crippen LogP contribution < -0.4 is 10.1 Å². The summed E-state index contributed by atoms with van der Waals surface area (Å²) in [6.45, 7) is 2.47. The lowest BCUT2D eigenvalue weighted by molar-refractivity contribution is -0.385. The summed E-state index contributed by atoms with van der Waals surface area (Å²) in [5.74, 6) is 0.824. The van der Waals surface area contributed by atoms with Gasteiger partial charge in [0, 0.05) is 18.5 Å². The molecule has 1 aromatic rings. The summed E-state index contributed by atoms with van der Waals surface area (Å²) < 4.78 is 5.44. The average Bonchev–Trinajstić information content (AvgIpc) is 2.54. The van der Waals surface area contributed by atoms with Gasteiger partial charge in [-0.2, -0.15) is 0 Å². The second-order valence-electron chi connectivity index (χ2n) is 6.11. The number of nitro benzene ring substituents is 1. The first-order valence-corrected chi connectivity index (χ1v) is 8.23. The molecule has 126 valence electrons. The smallest absolute Gasteiger partial charge is 0.310 e. The first-order chi connectivity index (χ1) is 11.1. The number of rotatable bonds is 7. The van der Waals surface area contributed by atoms with Gasteiger partial charge in [0.1, 0.15) is 0 Å². The molecule has 0 spiro atoms. The van der Waals surface area contributed by atoms with E-state index in [1.807, 2.05) is 0 Å². The second-order valence-corrected chi connectivity index (χ2v) is 6.11. The number of hydrogen-bond acceptors (Lipinski definition) is 4. The summed E-state index contributed by atoms with van der Waals surface area (Å²) in [5, 5.41) is 14.0. The highest BCUT2D eigenvalue weighted by molar-refractivity contribution is 5.76. The number of para-hydroxylation sites is 2. The van der Waals surface area contributed by atoms with Crippen molar-refractivity contribution in [3.05, 3.63) is 34.4 Å². The minimum atomic E-state index is -0.466. The van der Waals surface area contributed by atoms with Gasteiger partial charge >= 0.3 is 5.69 Å². The van der Waals surface area contributed by atoms with Crippen molar-refractivity contribution in [2.24, 2.45) is 5.92 Å². The topological polar surface area (TPSA) is 81.5 Å². The summed E-state index contributed by atoms with van der Waals surface area (Å²) in [5.41, 5.74) is -0.0482. The lowest BCUT2D eigenvalue weighted by Gasteiger charge is -2.29. The van der Waals surface area contributed by atoms with Crippen molar-refractivity contribution in [2.45, 2.75) is 51.5 Å². The molecule has 6 nitrogen and oxygen atoms in total. The summed E-state index contributed by atoms with van der Waals surface area (Å²) in [4.78, 5) is 22.4. The minimum Gasteiger partial charge on any atom is -0.487 e. The molecule has 23 heavy (non-hydrogen) atoms. The van der Waals surface area contributed by atoms with Crippen LogP contribution in [0.4, 0.5) is 5.69 Å². The molecule has 2 atom stereocenters. The third kappa shape index (κ3) is 5.23. The van der Waals surface area contributed by atoms with Gasteiger partial charge in [0.2, 0.25) is 5.91 Å². The Hall–Kier alpha value is -2.11. The summed E-state index contributed by atoms with van der Waals surface area (Å²) in [7, 11) is 0. The normalized spacial score (nSPS) is 20.7. The van der Waals surface area contributed by atoms with E-state index in [1.54, 1.807) is 18.2 Å². The molecule has 0 saturated heterocycles. The first-order valence-electron chi connectivity index (χ1n) is 8.23. The molecule has 0 heterocycles.